The zero-order chi connectivity index (χ0) is 11.5. The maximum Gasteiger partial charge on any atom is 0.0726 e. The van der Waals surface area contributed by atoms with Gasteiger partial charge in [0.25, 0.3) is 0 Å². The van der Waals surface area contributed by atoms with E-state index in [2.05, 4.69) is 19.2 Å². The Hall–Kier alpha value is -0.380. The molecule has 3 heteroatoms. The van der Waals surface area contributed by atoms with Gasteiger partial charge in [-0.1, -0.05) is 13.8 Å². The van der Waals surface area contributed by atoms with Crippen LogP contribution in [0, 0.1) is 0 Å². The normalized spacial score (nSPS) is 16.2. The Morgan fingerprint density at radius 1 is 1.31 bits per heavy atom. The van der Waals surface area contributed by atoms with Crippen molar-refractivity contribution in [1.29, 1.82) is 0 Å². The highest BCUT2D eigenvalue weighted by atomic mass is 32.1. The molecule has 2 rings (SSSR count). The van der Waals surface area contributed by atoms with Crippen molar-refractivity contribution >= 4 is 11.3 Å². The quantitative estimate of drug-likeness (QED) is 0.875. The van der Waals surface area contributed by atoms with E-state index in [1.54, 1.807) is 17.6 Å². The van der Waals surface area contributed by atoms with Gasteiger partial charge in [0.15, 0.2) is 0 Å². The summed E-state index contributed by atoms with van der Waals surface area (Å²) >= 11 is 2.00. The van der Waals surface area contributed by atoms with Crippen LogP contribution in [0.2, 0.25) is 0 Å². The van der Waals surface area contributed by atoms with Crippen molar-refractivity contribution in [3.05, 3.63) is 20.9 Å². The highest BCUT2D eigenvalue weighted by Crippen LogP contribution is 2.35. The molecule has 16 heavy (non-hydrogen) atoms. The standard InChI is InChI=1S/C13H21NOS/c1-9(2)13-11(8-15-3)10-4-6-14-7-5-12(10)16-13/h9,14H,4-8H2,1-3H3. The van der Waals surface area contributed by atoms with Gasteiger partial charge >= 0.3 is 0 Å². The summed E-state index contributed by atoms with van der Waals surface area (Å²) in [4.78, 5) is 3.12. The molecule has 0 saturated carbocycles. The number of methoxy groups -OCH3 is 1. The molecule has 0 aliphatic carbocycles. The zero-order valence-corrected chi connectivity index (χ0v) is 11.2. The Kier molecular flexibility index (Phi) is 4.00. The van der Waals surface area contributed by atoms with Gasteiger partial charge in [0.05, 0.1) is 6.61 Å². The maximum atomic E-state index is 5.37. The summed E-state index contributed by atoms with van der Waals surface area (Å²) in [6.45, 7) is 7.57. The fraction of sp³-hybridized carbons (Fsp3) is 0.692. The SMILES string of the molecule is COCc1c(C(C)C)sc2c1CCNCC2. The van der Waals surface area contributed by atoms with Crippen molar-refractivity contribution in [2.24, 2.45) is 0 Å². The summed E-state index contributed by atoms with van der Waals surface area (Å²) in [6, 6.07) is 0. The van der Waals surface area contributed by atoms with Crippen LogP contribution in [0.3, 0.4) is 0 Å². The van der Waals surface area contributed by atoms with Crippen LogP contribution < -0.4 is 5.32 Å². The molecular formula is C13H21NOS. The first-order chi connectivity index (χ1) is 7.74. The second-order valence-electron chi connectivity index (χ2n) is 4.68. The van der Waals surface area contributed by atoms with Crippen LogP contribution in [0.25, 0.3) is 0 Å². The minimum absolute atomic E-state index is 0.620. The second-order valence-corrected chi connectivity index (χ2v) is 5.82. The molecule has 0 unspecified atom stereocenters. The lowest BCUT2D eigenvalue weighted by molar-refractivity contribution is 0.183. The first-order valence-electron chi connectivity index (χ1n) is 6.07. The third-order valence-electron chi connectivity index (χ3n) is 3.13. The molecule has 1 aliphatic heterocycles. The number of nitrogens with one attached hydrogen (secondary N) is 1. The van der Waals surface area contributed by atoms with E-state index < -0.39 is 0 Å². The minimum Gasteiger partial charge on any atom is -0.380 e. The third kappa shape index (κ3) is 2.31. The Bertz CT molecular complexity index is 357. The van der Waals surface area contributed by atoms with Gasteiger partial charge in [-0.05, 0) is 43.0 Å². The summed E-state index contributed by atoms with van der Waals surface area (Å²) in [5.74, 6) is 0.620. The van der Waals surface area contributed by atoms with E-state index in [0.717, 1.165) is 26.1 Å². The van der Waals surface area contributed by atoms with Crippen molar-refractivity contribution in [2.75, 3.05) is 20.2 Å². The van der Waals surface area contributed by atoms with Crippen LogP contribution in [-0.2, 0) is 24.2 Å². The monoisotopic (exact) mass is 239 g/mol. The van der Waals surface area contributed by atoms with Crippen molar-refractivity contribution in [3.63, 3.8) is 0 Å². The average molecular weight is 239 g/mol. The smallest absolute Gasteiger partial charge is 0.0726 e. The van der Waals surface area contributed by atoms with Crippen LogP contribution in [-0.4, -0.2) is 20.2 Å². The lowest BCUT2D eigenvalue weighted by atomic mass is 10.0. The topological polar surface area (TPSA) is 21.3 Å². The van der Waals surface area contributed by atoms with Crippen LogP contribution >= 0.6 is 11.3 Å². The first-order valence-corrected chi connectivity index (χ1v) is 6.88. The van der Waals surface area contributed by atoms with Crippen molar-refractivity contribution in [1.82, 2.24) is 5.32 Å². The highest BCUT2D eigenvalue weighted by molar-refractivity contribution is 7.12. The lowest BCUT2D eigenvalue weighted by Gasteiger charge is -2.09. The summed E-state index contributed by atoms with van der Waals surface area (Å²) in [5, 5.41) is 3.46. The second kappa shape index (κ2) is 5.30. The predicted octanol–water partition coefficient (Wildman–Crippen LogP) is 2.71. The molecule has 2 nitrogen and oxygen atoms in total. The van der Waals surface area contributed by atoms with E-state index in [0.29, 0.717) is 5.92 Å². The molecule has 0 aromatic carbocycles. The number of thiophene rings is 1. The van der Waals surface area contributed by atoms with Crippen LogP contribution in [0.1, 0.15) is 40.6 Å². The van der Waals surface area contributed by atoms with Gasteiger partial charge in [-0.3, -0.25) is 0 Å². The van der Waals surface area contributed by atoms with Gasteiger partial charge in [0.1, 0.15) is 0 Å². The summed E-state index contributed by atoms with van der Waals surface area (Å²) < 4.78 is 5.37. The minimum atomic E-state index is 0.620. The lowest BCUT2D eigenvalue weighted by Crippen LogP contribution is -2.16. The fourth-order valence-electron chi connectivity index (χ4n) is 2.37. The number of ether oxygens (including phenoxy) is 1. The number of hydrogen-bond donors (Lipinski definition) is 1. The van der Waals surface area contributed by atoms with E-state index in [1.165, 1.54) is 16.9 Å². The van der Waals surface area contributed by atoms with Gasteiger partial charge in [-0.15, -0.1) is 11.3 Å². The molecule has 0 saturated heterocycles. The van der Waals surface area contributed by atoms with Crippen molar-refractivity contribution < 1.29 is 4.74 Å². The van der Waals surface area contributed by atoms with Gasteiger partial charge < -0.3 is 10.1 Å². The van der Waals surface area contributed by atoms with Gasteiger partial charge in [0.2, 0.25) is 0 Å². The van der Waals surface area contributed by atoms with E-state index in [-0.39, 0.29) is 0 Å². The van der Waals surface area contributed by atoms with E-state index in [9.17, 15) is 0 Å². The Morgan fingerprint density at radius 2 is 2.06 bits per heavy atom. The number of fused-ring (bicyclic) bond motifs is 1. The van der Waals surface area contributed by atoms with E-state index in [1.807, 2.05) is 11.3 Å². The highest BCUT2D eigenvalue weighted by Gasteiger charge is 2.20. The first kappa shape index (κ1) is 12.1. The van der Waals surface area contributed by atoms with Gasteiger partial charge in [-0.25, -0.2) is 0 Å². The molecule has 0 bridgehead atoms. The van der Waals surface area contributed by atoms with E-state index in [4.69, 9.17) is 4.74 Å². The third-order valence-corrected chi connectivity index (χ3v) is 4.76. The van der Waals surface area contributed by atoms with Crippen LogP contribution in [0.5, 0.6) is 0 Å². The number of hydrogen-bond acceptors (Lipinski definition) is 3. The van der Waals surface area contributed by atoms with Gasteiger partial charge in [-0.2, -0.15) is 0 Å². The molecule has 1 aromatic heterocycles. The molecule has 2 heterocycles. The molecule has 1 aromatic rings. The molecule has 1 aliphatic rings. The molecule has 0 fully saturated rings. The fourth-order valence-corrected chi connectivity index (χ4v) is 3.73. The van der Waals surface area contributed by atoms with Crippen molar-refractivity contribution in [3.8, 4) is 0 Å². The average Bonchev–Trinajstić information content (AvgIpc) is 2.46. The molecule has 1 N–H and O–H groups in total. The largest absolute Gasteiger partial charge is 0.380 e. The van der Waals surface area contributed by atoms with Crippen LogP contribution in [0.4, 0.5) is 0 Å². The molecule has 0 spiro atoms. The summed E-state index contributed by atoms with van der Waals surface area (Å²) in [7, 11) is 1.79. The van der Waals surface area contributed by atoms with E-state index >= 15 is 0 Å². The molecular weight excluding hydrogens is 218 g/mol. The predicted molar refractivity (Wildman–Crippen MR) is 69.4 cm³/mol. The molecule has 90 valence electrons. The molecule has 0 atom stereocenters. The Balaban J connectivity index is 2.40. The Morgan fingerprint density at radius 3 is 2.75 bits per heavy atom. The zero-order valence-electron chi connectivity index (χ0n) is 10.4. The summed E-state index contributed by atoms with van der Waals surface area (Å²) in [5.41, 5.74) is 3.04. The van der Waals surface area contributed by atoms with Crippen LogP contribution in [0.15, 0.2) is 0 Å². The summed E-state index contributed by atoms with van der Waals surface area (Å²) in [6.07, 6.45) is 2.35. The molecule has 0 amide bonds. The van der Waals surface area contributed by atoms with Gasteiger partial charge in [0, 0.05) is 16.9 Å². The van der Waals surface area contributed by atoms with Crippen molar-refractivity contribution in [2.45, 2.75) is 39.2 Å². The molecule has 0 radical (unpaired) electrons. The number of rotatable bonds is 3. The Labute approximate surface area is 102 Å². The maximum absolute atomic E-state index is 5.37.